The maximum atomic E-state index is 5.56. The molecule has 7 heteroatoms. The molecule has 0 radical (unpaired) electrons. The fraction of sp³-hybridized carbons (Fsp3) is 0.375. The van der Waals surface area contributed by atoms with Gasteiger partial charge in [-0.05, 0) is 0 Å². The van der Waals surface area contributed by atoms with Gasteiger partial charge in [-0.3, -0.25) is 4.68 Å². The Kier molecular flexibility index (Phi) is 2.55. The lowest BCUT2D eigenvalue weighted by atomic mass is 10.6. The quantitative estimate of drug-likeness (QED) is 0.818. The second-order valence-electron chi connectivity index (χ2n) is 3.36. The molecule has 0 bridgehead atoms. The molecule has 0 aliphatic rings. The monoisotopic (exact) mass is 224 g/mol. The topological polar surface area (TPSA) is 72.9 Å². The first kappa shape index (κ1) is 9.91. The van der Waals surface area contributed by atoms with E-state index in [2.05, 4.69) is 14.5 Å². The summed E-state index contributed by atoms with van der Waals surface area (Å²) in [6.07, 6.45) is 3.37. The van der Waals surface area contributed by atoms with Crippen molar-refractivity contribution < 1.29 is 0 Å². The molecule has 2 heterocycles. The summed E-state index contributed by atoms with van der Waals surface area (Å²) in [7, 11) is 3.88. The average Bonchev–Trinajstić information content (AvgIpc) is 2.76. The summed E-state index contributed by atoms with van der Waals surface area (Å²) in [6.45, 7) is 0.557. The van der Waals surface area contributed by atoms with Crippen molar-refractivity contribution in [3.8, 4) is 0 Å². The van der Waals surface area contributed by atoms with Crippen molar-refractivity contribution in [3.63, 3.8) is 0 Å². The van der Waals surface area contributed by atoms with Crippen LogP contribution >= 0.6 is 11.5 Å². The molecule has 0 atom stereocenters. The van der Waals surface area contributed by atoms with E-state index in [9.17, 15) is 0 Å². The highest BCUT2D eigenvalue weighted by Gasteiger charge is 2.06. The van der Waals surface area contributed by atoms with Crippen molar-refractivity contribution in [3.05, 3.63) is 18.2 Å². The van der Waals surface area contributed by atoms with Crippen LogP contribution in [0.3, 0.4) is 0 Å². The molecule has 0 aliphatic carbocycles. The van der Waals surface area contributed by atoms with Crippen LogP contribution in [-0.2, 0) is 6.54 Å². The van der Waals surface area contributed by atoms with Crippen LogP contribution in [0.15, 0.2) is 12.4 Å². The molecule has 80 valence electrons. The molecule has 0 saturated carbocycles. The van der Waals surface area contributed by atoms with Crippen LogP contribution in [-0.4, -0.2) is 33.2 Å². The molecule has 0 saturated heterocycles. The van der Waals surface area contributed by atoms with Crippen molar-refractivity contribution in [2.45, 2.75) is 6.54 Å². The first-order chi connectivity index (χ1) is 7.15. The lowest BCUT2D eigenvalue weighted by Crippen LogP contribution is -2.08. The van der Waals surface area contributed by atoms with Gasteiger partial charge in [0, 0.05) is 31.8 Å². The van der Waals surface area contributed by atoms with Gasteiger partial charge in [0.15, 0.2) is 5.82 Å². The van der Waals surface area contributed by atoms with Crippen molar-refractivity contribution in [2.75, 3.05) is 24.7 Å². The maximum absolute atomic E-state index is 5.56. The third kappa shape index (κ3) is 2.24. The van der Waals surface area contributed by atoms with E-state index in [4.69, 9.17) is 5.73 Å². The molecule has 2 aromatic heterocycles. The Balaban J connectivity index is 2.11. The number of nitrogens with zero attached hydrogens (tertiary/aromatic N) is 5. The van der Waals surface area contributed by atoms with Gasteiger partial charge in [-0.1, -0.05) is 0 Å². The largest absolute Gasteiger partial charge is 0.396 e. The second kappa shape index (κ2) is 3.85. The lowest BCUT2D eigenvalue weighted by Gasteiger charge is -2.04. The fourth-order valence-electron chi connectivity index (χ4n) is 1.10. The Morgan fingerprint density at radius 3 is 2.87 bits per heavy atom. The van der Waals surface area contributed by atoms with E-state index in [0.29, 0.717) is 12.2 Å². The normalized spacial score (nSPS) is 10.5. The molecule has 0 amide bonds. The highest BCUT2D eigenvalue weighted by atomic mass is 32.1. The van der Waals surface area contributed by atoms with E-state index < -0.39 is 0 Å². The van der Waals surface area contributed by atoms with Crippen molar-refractivity contribution >= 4 is 22.4 Å². The number of nitrogen functional groups attached to an aromatic ring is 1. The number of aromatic nitrogens is 4. The highest BCUT2D eigenvalue weighted by Crippen LogP contribution is 2.14. The minimum absolute atomic E-state index is 0.557. The molecule has 15 heavy (non-hydrogen) atoms. The standard InChI is InChI=1S/C8H12N6S/c1-13(2)8-11-7(12-15-8)5-14-4-6(9)3-10-14/h3-4H,5,9H2,1-2H3. The van der Waals surface area contributed by atoms with E-state index in [0.717, 1.165) is 11.0 Å². The average molecular weight is 224 g/mol. The zero-order valence-corrected chi connectivity index (χ0v) is 9.40. The Hall–Kier alpha value is -1.63. The van der Waals surface area contributed by atoms with Crippen LogP contribution < -0.4 is 10.6 Å². The minimum Gasteiger partial charge on any atom is -0.396 e. The third-order valence-corrected chi connectivity index (χ3v) is 2.72. The van der Waals surface area contributed by atoms with Gasteiger partial charge in [0.25, 0.3) is 0 Å². The smallest absolute Gasteiger partial charge is 0.204 e. The van der Waals surface area contributed by atoms with Crippen LogP contribution in [0.5, 0.6) is 0 Å². The summed E-state index contributed by atoms with van der Waals surface area (Å²) in [5.74, 6) is 0.756. The molecule has 6 nitrogen and oxygen atoms in total. The van der Waals surface area contributed by atoms with E-state index in [-0.39, 0.29) is 0 Å². The molecular weight excluding hydrogens is 212 g/mol. The summed E-state index contributed by atoms with van der Waals surface area (Å²) < 4.78 is 5.95. The SMILES string of the molecule is CN(C)c1nc(Cn2cc(N)cn2)ns1. The van der Waals surface area contributed by atoms with Gasteiger partial charge in [-0.2, -0.15) is 9.47 Å². The lowest BCUT2D eigenvalue weighted by molar-refractivity contribution is 0.663. The summed E-state index contributed by atoms with van der Waals surface area (Å²) in [4.78, 5) is 6.28. The van der Waals surface area contributed by atoms with E-state index >= 15 is 0 Å². The van der Waals surface area contributed by atoms with Gasteiger partial charge >= 0.3 is 0 Å². The summed E-state index contributed by atoms with van der Waals surface area (Å²) in [5, 5.41) is 4.96. The predicted octanol–water partition coefficient (Wildman–Crippen LogP) is 0.431. The van der Waals surface area contributed by atoms with Gasteiger partial charge in [0.1, 0.15) is 6.54 Å². The van der Waals surface area contributed by atoms with Gasteiger partial charge in [-0.15, -0.1) is 0 Å². The first-order valence-electron chi connectivity index (χ1n) is 4.43. The van der Waals surface area contributed by atoms with E-state index in [1.807, 2.05) is 19.0 Å². The molecule has 2 rings (SSSR count). The first-order valence-corrected chi connectivity index (χ1v) is 5.20. The summed E-state index contributed by atoms with van der Waals surface area (Å²) in [5.41, 5.74) is 6.21. The zero-order chi connectivity index (χ0) is 10.8. The Labute approximate surface area is 91.5 Å². The van der Waals surface area contributed by atoms with Crippen LogP contribution in [0.25, 0.3) is 0 Å². The fourth-order valence-corrected chi connectivity index (χ4v) is 1.70. The second-order valence-corrected chi connectivity index (χ2v) is 4.09. The third-order valence-electron chi connectivity index (χ3n) is 1.80. The Morgan fingerprint density at radius 2 is 2.33 bits per heavy atom. The molecular formula is C8H12N6S. The van der Waals surface area contributed by atoms with Gasteiger partial charge in [0.05, 0.1) is 11.9 Å². The minimum atomic E-state index is 0.557. The Bertz CT molecular complexity index is 445. The molecule has 0 aliphatic heterocycles. The molecule has 0 aromatic carbocycles. The number of nitrogens with two attached hydrogens (primary N) is 1. The summed E-state index contributed by atoms with van der Waals surface area (Å²) >= 11 is 1.38. The number of hydrogen-bond acceptors (Lipinski definition) is 6. The van der Waals surface area contributed by atoms with Crippen molar-refractivity contribution in [2.24, 2.45) is 0 Å². The molecule has 0 spiro atoms. The van der Waals surface area contributed by atoms with Crippen LogP contribution in [0.2, 0.25) is 0 Å². The zero-order valence-electron chi connectivity index (χ0n) is 8.58. The van der Waals surface area contributed by atoms with Crippen LogP contribution in [0.1, 0.15) is 5.82 Å². The van der Waals surface area contributed by atoms with Gasteiger partial charge in [-0.25, -0.2) is 4.98 Å². The molecule has 0 fully saturated rings. The van der Waals surface area contributed by atoms with Crippen LogP contribution in [0.4, 0.5) is 10.8 Å². The summed E-state index contributed by atoms with van der Waals surface area (Å²) in [6, 6.07) is 0. The van der Waals surface area contributed by atoms with E-state index in [1.165, 1.54) is 11.5 Å². The predicted molar refractivity (Wildman–Crippen MR) is 60.0 cm³/mol. The molecule has 2 aromatic rings. The number of rotatable bonds is 3. The Morgan fingerprint density at radius 1 is 1.53 bits per heavy atom. The van der Waals surface area contributed by atoms with Gasteiger partial charge < -0.3 is 10.6 Å². The van der Waals surface area contributed by atoms with Crippen molar-refractivity contribution in [1.82, 2.24) is 19.1 Å². The van der Waals surface area contributed by atoms with Gasteiger partial charge in [0.2, 0.25) is 5.13 Å². The maximum Gasteiger partial charge on any atom is 0.204 e. The van der Waals surface area contributed by atoms with Crippen LogP contribution in [0, 0.1) is 0 Å². The molecule has 2 N–H and O–H groups in total. The van der Waals surface area contributed by atoms with E-state index in [1.54, 1.807) is 17.1 Å². The number of anilines is 2. The number of hydrogen-bond donors (Lipinski definition) is 1. The highest BCUT2D eigenvalue weighted by molar-refractivity contribution is 7.09. The molecule has 0 unspecified atom stereocenters. The van der Waals surface area contributed by atoms with Crippen molar-refractivity contribution in [1.29, 1.82) is 0 Å².